The van der Waals surface area contributed by atoms with Crippen LogP contribution in [0.2, 0.25) is 5.02 Å². The number of carbonyl (C=O) groups is 1. The van der Waals surface area contributed by atoms with Gasteiger partial charge in [0.1, 0.15) is 11.6 Å². The molecular formula is C20H18ClN3O2. The van der Waals surface area contributed by atoms with Gasteiger partial charge in [-0.2, -0.15) is 0 Å². The number of methoxy groups -OCH3 is 1. The van der Waals surface area contributed by atoms with E-state index in [0.717, 1.165) is 5.56 Å². The van der Waals surface area contributed by atoms with Gasteiger partial charge in [-0.3, -0.25) is 4.79 Å². The van der Waals surface area contributed by atoms with Crippen LogP contribution in [0.5, 0.6) is 5.75 Å². The Labute approximate surface area is 157 Å². The van der Waals surface area contributed by atoms with E-state index in [1.807, 2.05) is 30.3 Å². The Hall–Kier alpha value is -3.05. The van der Waals surface area contributed by atoms with Crippen LogP contribution in [0.15, 0.2) is 66.9 Å². The van der Waals surface area contributed by atoms with Crippen molar-refractivity contribution >= 4 is 29.0 Å². The zero-order chi connectivity index (χ0) is 18.4. The van der Waals surface area contributed by atoms with Gasteiger partial charge in [-0.1, -0.05) is 41.9 Å². The normalized spacial score (nSPS) is 10.2. The van der Waals surface area contributed by atoms with Crippen LogP contribution < -0.4 is 15.4 Å². The van der Waals surface area contributed by atoms with Gasteiger partial charge < -0.3 is 15.4 Å². The molecule has 0 unspecified atom stereocenters. The molecule has 0 radical (unpaired) electrons. The van der Waals surface area contributed by atoms with Gasteiger partial charge in [0.15, 0.2) is 0 Å². The number of ether oxygens (including phenoxy) is 1. The van der Waals surface area contributed by atoms with Crippen LogP contribution in [0.1, 0.15) is 15.9 Å². The number of anilines is 2. The summed E-state index contributed by atoms with van der Waals surface area (Å²) in [6, 6.07) is 18.5. The third-order valence-corrected chi connectivity index (χ3v) is 3.98. The summed E-state index contributed by atoms with van der Waals surface area (Å²) in [5.74, 6) is 1.07. The highest BCUT2D eigenvalue weighted by molar-refractivity contribution is 6.31. The molecule has 0 saturated heterocycles. The van der Waals surface area contributed by atoms with Crippen molar-refractivity contribution in [3.05, 3.63) is 83.0 Å². The molecule has 2 N–H and O–H groups in total. The maximum atomic E-state index is 12.2. The number of halogens is 1. The Balaban J connectivity index is 1.65. The first-order chi connectivity index (χ1) is 12.7. The molecule has 0 saturated carbocycles. The number of rotatable bonds is 6. The molecule has 1 aromatic heterocycles. The molecule has 0 aliphatic heterocycles. The lowest BCUT2D eigenvalue weighted by atomic mass is 10.2. The molecule has 3 rings (SSSR count). The smallest absolute Gasteiger partial charge is 0.253 e. The summed E-state index contributed by atoms with van der Waals surface area (Å²) in [4.78, 5) is 16.5. The van der Waals surface area contributed by atoms with Gasteiger partial charge in [0.05, 0.1) is 18.4 Å². The Kier molecular flexibility index (Phi) is 5.71. The lowest BCUT2D eigenvalue weighted by Crippen LogP contribution is -2.22. The van der Waals surface area contributed by atoms with E-state index in [1.165, 1.54) is 6.20 Å². The second-order valence-electron chi connectivity index (χ2n) is 5.57. The third kappa shape index (κ3) is 4.52. The molecule has 0 fully saturated rings. The molecule has 5 nitrogen and oxygen atoms in total. The van der Waals surface area contributed by atoms with Gasteiger partial charge in [0, 0.05) is 17.8 Å². The molecule has 0 bridgehead atoms. The first-order valence-electron chi connectivity index (χ1n) is 8.04. The van der Waals surface area contributed by atoms with Crippen LogP contribution in [0.4, 0.5) is 11.5 Å². The topological polar surface area (TPSA) is 63.2 Å². The van der Waals surface area contributed by atoms with Crippen molar-refractivity contribution in [2.75, 3.05) is 12.4 Å². The van der Waals surface area contributed by atoms with E-state index in [2.05, 4.69) is 15.6 Å². The molecule has 0 atom stereocenters. The zero-order valence-electron chi connectivity index (χ0n) is 14.2. The monoisotopic (exact) mass is 367 g/mol. The molecule has 1 amide bonds. The van der Waals surface area contributed by atoms with Gasteiger partial charge in [0.25, 0.3) is 5.91 Å². The molecule has 0 aliphatic carbocycles. The fraction of sp³-hybridized carbons (Fsp3) is 0.100. The number of hydrogen-bond acceptors (Lipinski definition) is 4. The molecule has 2 aromatic carbocycles. The Morgan fingerprint density at radius 3 is 2.62 bits per heavy atom. The predicted octanol–water partition coefficient (Wildman–Crippen LogP) is 4.42. The summed E-state index contributed by atoms with van der Waals surface area (Å²) in [6.07, 6.45) is 1.53. The van der Waals surface area contributed by atoms with Crippen LogP contribution in [-0.2, 0) is 6.54 Å². The lowest BCUT2D eigenvalue weighted by Gasteiger charge is -2.11. The highest BCUT2D eigenvalue weighted by Crippen LogP contribution is 2.29. The first-order valence-corrected chi connectivity index (χ1v) is 8.42. The van der Waals surface area contributed by atoms with Gasteiger partial charge >= 0.3 is 0 Å². The summed E-state index contributed by atoms with van der Waals surface area (Å²) >= 11 is 6.02. The largest absolute Gasteiger partial charge is 0.495 e. The van der Waals surface area contributed by atoms with Crippen molar-refractivity contribution in [2.24, 2.45) is 0 Å². The Bertz CT molecular complexity index is 883. The summed E-state index contributed by atoms with van der Waals surface area (Å²) in [5.41, 5.74) is 2.23. The molecule has 0 aliphatic rings. The van der Waals surface area contributed by atoms with Crippen molar-refractivity contribution in [1.29, 1.82) is 0 Å². The van der Waals surface area contributed by atoms with E-state index < -0.39 is 0 Å². The summed E-state index contributed by atoms with van der Waals surface area (Å²) in [6.45, 7) is 0.472. The zero-order valence-corrected chi connectivity index (χ0v) is 15.0. The third-order valence-electron chi connectivity index (χ3n) is 3.75. The van der Waals surface area contributed by atoms with Crippen molar-refractivity contribution in [1.82, 2.24) is 10.3 Å². The number of carbonyl (C=O) groups excluding carboxylic acids is 1. The van der Waals surface area contributed by atoms with E-state index >= 15 is 0 Å². The van der Waals surface area contributed by atoms with Crippen LogP contribution in [0.3, 0.4) is 0 Å². The quantitative estimate of drug-likeness (QED) is 0.677. The van der Waals surface area contributed by atoms with Gasteiger partial charge in [-0.15, -0.1) is 0 Å². The number of hydrogen-bond donors (Lipinski definition) is 2. The maximum Gasteiger partial charge on any atom is 0.253 e. The van der Waals surface area contributed by atoms with Gasteiger partial charge in [0.2, 0.25) is 0 Å². The fourth-order valence-corrected chi connectivity index (χ4v) is 2.57. The number of amides is 1. The average molecular weight is 368 g/mol. The average Bonchev–Trinajstić information content (AvgIpc) is 2.68. The molecule has 0 spiro atoms. The number of nitrogens with zero attached hydrogens (tertiary/aromatic N) is 1. The Morgan fingerprint density at radius 1 is 1.12 bits per heavy atom. The van der Waals surface area contributed by atoms with Gasteiger partial charge in [-0.05, 0) is 35.9 Å². The summed E-state index contributed by atoms with van der Waals surface area (Å²) in [5, 5.41) is 6.60. The van der Waals surface area contributed by atoms with E-state index in [-0.39, 0.29) is 5.91 Å². The van der Waals surface area contributed by atoms with Crippen molar-refractivity contribution in [2.45, 2.75) is 6.54 Å². The van der Waals surface area contributed by atoms with E-state index in [9.17, 15) is 4.79 Å². The number of nitrogens with one attached hydrogen (secondary N) is 2. The molecular weight excluding hydrogens is 350 g/mol. The van der Waals surface area contributed by atoms with Crippen molar-refractivity contribution in [3.8, 4) is 5.75 Å². The van der Waals surface area contributed by atoms with Crippen molar-refractivity contribution < 1.29 is 9.53 Å². The molecule has 6 heteroatoms. The minimum atomic E-state index is -0.173. The van der Waals surface area contributed by atoms with Crippen LogP contribution in [0, 0.1) is 0 Å². The number of benzene rings is 2. The van der Waals surface area contributed by atoms with E-state index in [0.29, 0.717) is 34.4 Å². The van der Waals surface area contributed by atoms with E-state index in [4.69, 9.17) is 16.3 Å². The standard InChI is InChI=1S/C20H18ClN3O2/c1-26-18-9-8-16(21)11-17(18)24-19-10-7-15(13-22-19)20(25)23-12-14-5-3-2-4-6-14/h2-11,13H,12H2,1H3,(H,22,24)(H,23,25). The minimum absolute atomic E-state index is 0.173. The highest BCUT2D eigenvalue weighted by Gasteiger charge is 2.08. The SMILES string of the molecule is COc1ccc(Cl)cc1Nc1ccc(C(=O)NCc2ccccc2)cn1. The number of aromatic nitrogens is 1. The molecule has 3 aromatic rings. The second kappa shape index (κ2) is 8.36. The maximum absolute atomic E-state index is 12.2. The van der Waals surface area contributed by atoms with Gasteiger partial charge in [-0.25, -0.2) is 4.98 Å². The van der Waals surface area contributed by atoms with E-state index in [1.54, 1.807) is 37.4 Å². The predicted molar refractivity (Wildman–Crippen MR) is 103 cm³/mol. The molecule has 132 valence electrons. The summed E-state index contributed by atoms with van der Waals surface area (Å²) in [7, 11) is 1.59. The lowest BCUT2D eigenvalue weighted by molar-refractivity contribution is 0.0950. The first kappa shape index (κ1) is 17.8. The van der Waals surface area contributed by atoms with Crippen LogP contribution in [-0.4, -0.2) is 18.0 Å². The summed E-state index contributed by atoms with van der Waals surface area (Å²) < 4.78 is 5.30. The van der Waals surface area contributed by atoms with Crippen molar-refractivity contribution in [3.63, 3.8) is 0 Å². The molecule has 1 heterocycles. The Morgan fingerprint density at radius 2 is 1.92 bits per heavy atom. The van der Waals surface area contributed by atoms with Crippen LogP contribution in [0.25, 0.3) is 0 Å². The molecule has 26 heavy (non-hydrogen) atoms. The second-order valence-corrected chi connectivity index (χ2v) is 6.01. The number of pyridine rings is 1. The fourth-order valence-electron chi connectivity index (χ4n) is 2.40. The highest BCUT2D eigenvalue weighted by atomic mass is 35.5. The van der Waals surface area contributed by atoms with Crippen LogP contribution >= 0.6 is 11.6 Å². The minimum Gasteiger partial charge on any atom is -0.495 e.